The molecule has 21 heavy (non-hydrogen) atoms. The van der Waals surface area contributed by atoms with Crippen LogP contribution in [0.2, 0.25) is 0 Å². The molecule has 1 unspecified atom stereocenters. The van der Waals surface area contributed by atoms with Gasteiger partial charge in [0.05, 0.1) is 19.3 Å². The first kappa shape index (κ1) is 15.5. The van der Waals surface area contributed by atoms with Crippen LogP contribution in [0.4, 0.5) is 5.69 Å². The van der Waals surface area contributed by atoms with Crippen LogP contribution >= 0.6 is 11.3 Å². The summed E-state index contributed by atoms with van der Waals surface area (Å²) in [5, 5.41) is 25.8. The molecule has 1 aromatic heterocycles. The maximum atomic E-state index is 12.0. The lowest BCUT2D eigenvalue weighted by atomic mass is 10.2. The summed E-state index contributed by atoms with van der Waals surface area (Å²) in [6, 6.07) is 10.9. The minimum atomic E-state index is -0.793. The highest BCUT2D eigenvalue weighted by atomic mass is 32.1. The van der Waals surface area contributed by atoms with Crippen LogP contribution in [0.3, 0.4) is 0 Å². The number of rotatable bonds is 7. The molecule has 6 heteroatoms. The van der Waals surface area contributed by atoms with Crippen molar-refractivity contribution >= 4 is 22.9 Å². The smallest absolute Gasteiger partial charge is 0.251 e. The highest BCUT2D eigenvalue weighted by Crippen LogP contribution is 2.11. The number of thiophene rings is 1. The first-order valence-corrected chi connectivity index (χ1v) is 7.50. The van der Waals surface area contributed by atoms with Gasteiger partial charge in [0.25, 0.3) is 5.91 Å². The Balaban J connectivity index is 1.84. The highest BCUT2D eigenvalue weighted by molar-refractivity contribution is 7.09. The number of carbonyl (C=O) groups is 1. The van der Waals surface area contributed by atoms with Crippen LogP contribution < -0.4 is 10.6 Å². The molecule has 0 saturated carbocycles. The highest BCUT2D eigenvalue weighted by Gasteiger charge is 2.06. The van der Waals surface area contributed by atoms with Crippen LogP contribution in [0, 0.1) is 0 Å². The average molecular weight is 306 g/mol. The molecular weight excluding hydrogens is 288 g/mol. The van der Waals surface area contributed by atoms with E-state index in [-0.39, 0.29) is 19.1 Å². The zero-order valence-corrected chi connectivity index (χ0v) is 12.3. The number of aliphatic hydroxyl groups excluding tert-OH is 2. The predicted octanol–water partition coefficient (Wildman–Crippen LogP) is 1.44. The summed E-state index contributed by atoms with van der Waals surface area (Å²) in [5.41, 5.74) is 1.37. The van der Waals surface area contributed by atoms with E-state index in [1.807, 2.05) is 17.5 Å². The lowest BCUT2D eigenvalue weighted by molar-refractivity contribution is 0.0951. The molecule has 0 bridgehead atoms. The van der Waals surface area contributed by atoms with E-state index < -0.39 is 6.10 Å². The minimum Gasteiger partial charge on any atom is -0.394 e. The Hall–Kier alpha value is -1.89. The fourth-order valence-electron chi connectivity index (χ4n) is 1.72. The van der Waals surface area contributed by atoms with Gasteiger partial charge in [0.2, 0.25) is 0 Å². The molecular formula is C15H18N2O3S. The maximum absolute atomic E-state index is 12.0. The van der Waals surface area contributed by atoms with Crippen molar-refractivity contribution in [2.75, 3.05) is 18.5 Å². The van der Waals surface area contributed by atoms with Crippen LogP contribution in [0.15, 0.2) is 41.8 Å². The van der Waals surface area contributed by atoms with E-state index in [0.717, 1.165) is 10.6 Å². The van der Waals surface area contributed by atoms with Gasteiger partial charge in [0.1, 0.15) is 0 Å². The van der Waals surface area contributed by atoms with Crippen molar-refractivity contribution in [1.29, 1.82) is 0 Å². The Morgan fingerprint density at radius 2 is 2.00 bits per heavy atom. The van der Waals surface area contributed by atoms with E-state index in [4.69, 9.17) is 5.11 Å². The summed E-state index contributed by atoms with van der Waals surface area (Å²) < 4.78 is 0. The lowest BCUT2D eigenvalue weighted by Gasteiger charge is -2.10. The molecule has 2 rings (SSSR count). The van der Waals surface area contributed by atoms with Gasteiger partial charge in [-0.3, -0.25) is 4.79 Å². The van der Waals surface area contributed by atoms with Crippen LogP contribution in [-0.4, -0.2) is 35.4 Å². The van der Waals surface area contributed by atoms with Gasteiger partial charge in [0, 0.05) is 22.7 Å². The zero-order chi connectivity index (χ0) is 15.1. The second kappa shape index (κ2) is 7.78. The van der Waals surface area contributed by atoms with Crippen LogP contribution in [-0.2, 0) is 6.54 Å². The van der Waals surface area contributed by atoms with Crippen molar-refractivity contribution in [3.8, 4) is 0 Å². The SMILES string of the molecule is O=C(NCc1cccs1)c1ccc(NCC(O)CO)cc1. The molecule has 1 aromatic carbocycles. The molecule has 0 aliphatic carbocycles. The minimum absolute atomic E-state index is 0.120. The fraction of sp³-hybridized carbons (Fsp3) is 0.267. The van der Waals surface area contributed by atoms with E-state index in [9.17, 15) is 9.90 Å². The van der Waals surface area contributed by atoms with Gasteiger partial charge < -0.3 is 20.8 Å². The van der Waals surface area contributed by atoms with Gasteiger partial charge in [-0.1, -0.05) is 6.07 Å². The summed E-state index contributed by atoms with van der Waals surface area (Å²) >= 11 is 1.61. The molecule has 0 spiro atoms. The normalized spacial score (nSPS) is 11.9. The number of benzene rings is 1. The first-order valence-electron chi connectivity index (χ1n) is 6.62. The van der Waals surface area contributed by atoms with Gasteiger partial charge in [-0.15, -0.1) is 11.3 Å². The summed E-state index contributed by atoms with van der Waals surface area (Å²) in [6.07, 6.45) is -0.793. The van der Waals surface area contributed by atoms with Crippen LogP contribution in [0.25, 0.3) is 0 Å². The second-order valence-electron chi connectivity index (χ2n) is 4.56. The molecule has 112 valence electrons. The predicted molar refractivity (Wildman–Crippen MR) is 83.5 cm³/mol. The number of aliphatic hydroxyl groups is 2. The number of anilines is 1. The average Bonchev–Trinajstić information content (AvgIpc) is 3.04. The summed E-state index contributed by atoms with van der Waals surface area (Å²) in [5.74, 6) is -0.120. The Morgan fingerprint density at radius 1 is 1.24 bits per heavy atom. The topological polar surface area (TPSA) is 81.6 Å². The molecule has 0 aliphatic heterocycles. The van der Waals surface area contributed by atoms with E-state index >= 15 is 0 Å². The lowest BCUT2D eigenvalue weighted by Crippen LogP contribution is -2.23. The molecule has 2 aromatic rings. The number of hydrogen-bond acceptors (Lipinski definition) is 5. The van der Waals surface area contributed by atoms with Crippen molar-refractivity contribution in [2.45, 2.75) is 12.6 Å². The molecule has 0 radical (unpaired) electrons. The van der Waals surface area contributed by atoms with E-state index in [1.54, 1.807) is 35.6 Å². The maximum Gasteiger partial charge on any atom is 0.251 e. The monoisotopic (exact) mass is 306 g/mol. The zero-order valence-electron chi connectivity index (χ0n) is 11.5. The van der Waals surface area contributed by atoms with Gasteiger partial charge in [0.15, 0.2) is 0 Å². The molecule has 0 saturated heterocycles. The Bertz CT molecular complexity index is 555. The number of carbonyl (C=O) groups excluding carboxylic acids is 1. The molecule has 0 fully saturated rings. The van der Waals surface area contributed by atoms with Gasteiger partial charge in [-0.2, -0.15) is 0 Å². The van der Waals surface area contributed by atoms with Crippen molar-refractivity contribution in [2.24, 2.45) is 0 Å². The van der Waals surface area contributed by atoms with Crippen molar-refractivity contribution < 1.29 is 15.0 Å². The van der Waals surface area contributed by atoms with Gasteiger partial charge >= 0.3 is 0 Å². The summed E-state index contributed by atoms with van der Waals surface area (Å²) in [4.78, 5) is 13.1. The van der Waals surface area contributed by atoms with Crippen molar-refractivity contribution in [3.63, 3.8) is 0 Å². The third kappa shape index (κ3) is 4.86. The molecule has 1 amide bonds. The van der Waals surface area contributed by atoms with Gasteiger partial charge in [-0.05, 0) is 35.7 Å². The Morgan fingerprint density at radius 3 is 2.62 bits per heavy atom. The fourth-order valence-corrected chi connectivity index (χ4v) is 2.37. The Labute approximate surface area is 127 Å². The molecule has 5 nitrogen and oxygen atoms in total. The molecule has 1 atom stereocenters. The second-order valence-corrected chi connectivity index (χ2v) is 5.59. The number of amides is 1. The molecule has 1 heterocycles. The standard InChI is InChI=1S/C15H18N2O3S/c18-10-13(19)8-16-12-5-3-11(4-6-12)15(20)17-9-14-2-1-7-21-14/h1-7,13,16,18-19H,8-10H2,(H,17,20). The van der Waals surface area contributed by atoms with Gasteiger partial charge in [-0.25, -0.2) is 0 Å². The number of nitrogens with one attached hydrogen (secondary N) is 2. The Kier molecular flexibility index (Phi) is 5.74. The third-order valence-corrected chi connectivity index (χ3v) is 3.78. The van der Waals surface area contributed by atoms with Crippen LogP contribution in [0.5, 0.6) is 0 Å². The summed E-state index contributed by atoms with van der Waals surface area (Å²) in [7, 11) is 0. The van der Waals surface area contributed by atoms with E-state index in [2.05, 4.69) is 10.6 Å². The molecule has 0 aliphatic rings. The van der Waals surface area contributed by atoms with E-state index in [1.165, 1.54) is 0 Å². The summed E-state index contributed by atoms with van der Waals surface area (Å²) in [6.45, 7) is 0.510. The largest absolute Gasteiger partial charge is 0.394 e. The number of hydrogen-bond donors (Lipinski definition) is 4. The first-order chi connectivity index (χ1) is 10.2. The van der Waals surface area contributed by atoms with Crippen molar-refractivity contribution in [3.05, 3.63) is 52.2 Å². The quantitative estimate of drug-likeness (QED) is 0.624. The van der Waals surface area contributed by atoms with E-state index in [0.29, 0.717) is 12.1 Å². The molecule has 4 N–H and O–H groups in total. The third-order valence-electron chi connectivity index (χ3n) is 2.90. The van der Waals surface area contributed by atoms with Crippen molar-refractivity contribution in [1.82, 2.24) is 5.32 Å². The van der Waals surface area contributed by atoms with Crippen LogP contribution in [0.1, 0.15) is 15.2 Å².